The van der Waals surface area contributed by atoms with Crippen LogP contribution < -0.4 is 4.90 Å². The summed E-state index contributed by atoms with van der Waals surface area (Å²) in [4.78, 5) is 1.99. The van der Waals surface area contributed by atoms with Crippen molar-refractivity contribution in [1.82, 2.24) is 0 Å². The molecule has 2 aromatic carbocycles. The molecular formula is C16H19NO3S. The van der Waals surface area contributed by atoms with Gasteiger partial charge in [0.15, 0.2) is 0 Å². The predicted molar refractivity (Wildman–Crippen MR) is 84.4 cm³/mol. The van der Waals surface area contributed by atoms with Crippen LogP contribution in [-0.2, 0) is 23.0 Å². The third-order valence-electron chi connectivity index (χ3n) is 3.38. The second-order valence-electron chi connectivity index (χ2n) is 5.18. The molecule has 112 valence electrons. The second kappa shape index (κ2) is 6.28. The highest BCUT2D eigenvalue weighted by molar-refractivity contribution is 7.85. The van der Waals surface area contributed by atoms with Crippen molar-refractivity contribution in [2.24, 2.45) is 0 Å². The maximum atomic E-state index is 11.0. The van der Waals surface area contributed by atoms with Crippen LogP contribution in [0.4, 0.5) is 5.69 Å². The monoisotopic (exact) mass is 305 g/mol. The largest absolute Gasteiger partial charge is 0.378 e. The highest BCUT2D eigenvalue weighted by atomic mass is 32.2. The number of hydrogen-bond acceptors (Lipinski definition) is 3. The molecule has 0 aliphatic heterocycles. The molecule has 0 amide bonds. The van der Waals surface area contributed by atoms with E-state index in [4.69, 9.17) is 4.55 Å². The van der Waals surface area contributed by atoms with Crippen LogP contribution in [0.15, 0.2) is 53.4 Å². The number of aryl methyl sites for hydroxylation is 2. The van der Waals surface area contributed by atoms with Gasteiger partial charge in [-0.05, 0) is 48.2 Å². The third kappa shape index (κ3) is 4.31. The molecule has 1 N–H and O–H groups in total. The SMILES string of the molecule is CN(C)c1ccc(CCc2ccc(S(=O)(=O)O)cc2)cc1. The van der Waals surface area contributed by atoms with Gasteiger partial charge >= 0.3 is 0 Å². The molecule has 0 heterocycles. The van der Waals surface area contributed by atoms with E-state index in [9.17, 15) is 8.42 Å². The lowest BCUT2D eigenvalue weighted by Crippen LogP contribution is -2.08. The Morgan fingerprint density at radius 1 is 0.857 bits per heavy atom. The van der Waals surface area contributed by atoms with Crippen LogP contribution in [-0.4, -0.2) is 27.1 Å². The molecule has 2 aromatic rings. The molecule has 0 aromatic heterocycles. The van der Waals surface area contributed by atoms with E-state index in [0.29, 0.717) is 0 Å². The normalized spacial score (nSPS) is 11.4. The van der Waals surface area contributed by atoms with Crippen molar-refractivity contribution in [2.45, 2.75) is 17.7 Å². The van der Waals surface area contributed by atoms with E-state index < -0.39 is 10.1 Å². The van der Waals surface area contributed by atoms with Crippen LogP contribution in [0.3, 0.4) is 0 Å². The molecule has 0 bridgehead atoms. The number of benzene rings is 2. The molecule has 0 atom stereocenters. The average molecular weight is 305 g/mol. The average Bonchev–Trinajstić information content (AvgIpc) is 2.45. The second-order valence-corrected chi connectivity index (χ2v) is 6.60. The Hall–Kier alpha value is -1.85. The van der Waals surface area contributed by atoms with Crippen molar-refractivity contribution in [3.63, 3.8) is 0 Å². The third-order valence-corrected chi connectivity index (χ3v) is 4.24. The van der Waals surface area contributed by atoms with Crippen molar-refractivity contribution in [3.05, 3.63) is 59.7 Å². The summed E-state index contributed by atoms with van der Waals surface area (Å²) < 4.78 is 30.9. The van der Waals surface area contributed by atoms with E-state index in [1.54, 1.807) is 12.1 Å². The van der Waals surface area contributed by atoms with Crippen molar-refractivity contribution >= 4 is 15.8 Å². The molecule has 21 heavy (non-hydrogen) atoms. The zero-order valence-electron chi connectivity index (χ0n) is 12.2. The fourth-order valence-corrected chi connectivity index (χ4v) is 2.56. The van der Waals surface area contributed by atoms with Gasteiger partial charge in [-0.2, -0.15) is 8.42 Å². The molecule has 0 saturated carbocycles. The summed E-state index contributed by atoms with van der Waals surface area (Å²) in [6.45, 7) is 0. The van der Waals surface area contributed by atoms with Crippen molar-refractivity contribution < 1.29 is 13.0 Å². The first-order chi connectivity index (χ1) is 9.86. The maximum Gasteiger partial charge on any atom is 0.294 e. The van der Waals surface area contributed by atoms with Gasteiger partial charge in [0, 0.05) is 19.8 Å². The Balaban J connectivity index is 2.00. The summed E-state index contributed by atoms with van der Waals surface area (Å²) >= 11 is 0. The molecule has 0 aliphatic rings. The summed E-state index contributed by atoms with van der Waals surface area (Å²) in [5, 5.41) is 0. The Labute approximate surface area is 125 Å². The van der Waals surface area contributed by atoms with Gasteiger partial charge in [-0.15, -0.1) is 0 Å². The quantitative estimate of drug-likeness (QED) is 0.863. The number of rotatable bonds is 5. The molecular weight excluding hydrogens is 286 g/mol. The van der Waals surface area contributed by atoms with E-state index in [2.05, 4.69) is 29.2 Å². The molecule has 4 nitrogen and oxygen atoms in total. The maximum absolute atomic E-state index is 11.0. The van der Waals surface area contributed by atoms with Crippen LogP contribution in [0, 0.1) is 0 Å². The topological polar surface area (TPSA) is 57.6 Å². The van der Waals surface area contributed by atoms with Gasteiger partial charge < -0.3 is 4.90 Å². The van der Waals surface area contributed by atoms with Crippen LogP contribution in [0.5, 0.6) is 0 Å². The Bertz CT molecular complexity index is 689. The fraction of sp³-hybridized carbons (Fsp3) is 0.250. The lowest BCUT2D eigenvalue weighted by molar-refractivity contribution is 0.483. The number of nitrogens with zero attached hydrogens (tertiary/aromatic N) is 1. The highest BCUT2D eigenvalue weighted by Crippen LogP contribution is 2.15. The van der Waals surface area contributed by atoms with Crippen LogP contribution >= 0.6 is 0 Å². The smallest absolute Gasteiger partial charge is 0.294 e. The summed E-state index contributed by atoms with van der Waals surface area (Å²) in [6.07, 6.45) is 1.71. The summed E-state index contributed by atoms with van der Waals surface area (Å²) in [5.41, 5.74) is 3.44. The minimum absolute atomic E-state index is 0.0680. The van der Waals surface area contributed by atoms with Gasteiger partial charge in [0.05, 0.1) is 4.90 Å². The van der Waals surface area contributed by atoms with E-state index in [0.717, 1.165) is 24.1 Å². The Kier molecular flexibility index (Phi) is 4.65. The standard InChI is InChI=1S/C16H19NO3S/c1-17(2)15-9-5-13(6-10-15)3-4-14-7-11-16(12-8-14)21(18,19)20/h5-12H,3-4H2,1-2H3,(H,18,19,20). The summed E-state index contributed by atoms with van der Waals surface area (Å²) in [7, 11) is -0.0928. The van der Waals surface area contributed by atoms with E-state index in [-0.39, 0.29) is 4.90 Å². The first-order valence-corrected chi connectivity index (χ1v) is 8.13. The van der Waals surface area contributed by atoms with E-state index >= 15 is 0 Å². The Morgan fingerprint density at radius 2 is 1.29 bits per heavy atom. The van der Waals surface area contributed by atoms with Crippen LogP contribution in [0.1, 0.15) is 11.1 Å². The fourth-order valence-electron chi connectivity index (χ4n) is 2.08. The van der Waals surface area contributed by atoms with Gasteiger partial charge in [-0.3, -0.25) is 4.55 Å². The zero-order chi connectivity index (χ0) is 15.5. The van der Waals surface area contributed by atoms with Crippen LogP contribution in [0.25, 0.3) is 0 Å². The minimum Gasteiger partial charge on any atom is -0.378 e. The molecule has 0 saturated heterocycles. The molecule has 0 aliphatic carbocycles. The van der Waals surface area contributed by atoms with Gasteiger partial charge in [-0.25, -0.2) is 0 Å². The number of anilines is 1. The van der Waals surface area contributed by atoms with Gasteiger partial charge in [0.2, 0.25) is 0 Å². The molecule has 5 heteroatoms. The first-order valence-electron chi connectivity index (χ1n) is 6.69. The Morgan fingerprint density at radius 3 is 1.67 bits per heavy atom. The number of hydrogen-bond donors (Lipinski definition) is 1. The van der Waals surface area contributed by atoms with Crippen molar-refractivity contribution in [2.75, 3.05) is 19.0 Å². The molecule has 0 fully saturated rings. The summed E-state index contributed by atoms with van der Waals surface area (Å²) in [6, 6.07) is 14.7. The lowest BCUT2D eigenvalue weighted by atomic mass is 10.0. The van der Waals surface area contributed by atoms with Gasteiger partial charge in [0.1, 0.15) is 0 Å². The molecule has 2 rings (SSSR count). The van der Waals surface area contributed by atoms with Crippen molar-refractivity contribution in [1.29, 1.82) is 0 Å². The van der Waals surface area contributed by atoms with Gasteiger partial charge in [0.25, 0.3) is 10.1 Å². The molecule has 0 spiro atoms. The minimum atomic E-state index is -4.10. The first kappa shape index (κ1) is 15.5. The van der Waals surface area contributed by atoms with Crippen LogP contribution in [0.2, 0.25) is 0 Å². The predicted octanol–water partition coefficient (Wildman–Crippen LogP) is 2.78. The zero-order valence-corrected chi connectivity index (χ0v) is 13.0. The van der Waals surface area contributed by atoms with Gasteiger partial charge in [-0.1, -0.05) is 24.3 Å². The highest BCUT2D eigenvalue weighted by Gasteiger charge is 2.08. The lowest BCUT2D eigenvalue weighted by Gasteiger charge is -2.12. The van der Waals surface area contributed by atoms with Crippen molar-refractivity contribution in [3.8, 4) is 0 Å². The molecule has 0 radical (unpaired) electrons. The molecule has 0 unspecified atom stereocenters. The van der Waals surface area contributed by atoms with E-state index in [1.165, 1.54) is 17.7 Å². The van der Waals surface area contributed by atoms with E-state index in [1.807, 2.05) is 14.1 Å². The summed E-state index contributed by atoms with van der Waals surface area (Å²) in [5.74, 6) is 0.